The van der Waals surface area contributed by atoms with E-state index in [1.807, 2.05) is 29.2 Å². The predicted molar refractivity (Wildman–Crippen MR) is 102 cm³/mol. The molecule has 0 aromatic heterocycles. The van der Waals surface area contributed by atoms with Crippen molar-refractivity contribution < 1.29 is 9.59 Å². The summed E-state index contributed by atoms with van der Waals surface area (Å²) < 4.78 is 0.971. The summed E-state index contributed by atoms with van der Waals surface area (Å²) in [5.41, 5.74) is 0.714. The first-order chi connectivity index (χ1) is 11.9. The molecular formula is C20H27BrN2O2. The van der Waals surface area contributed by atoms with E-state index in [4.69, 9.17) is 0 Å². The topological polar surface area (TPSA) is 40.6 Å². The molecule has 2 heterocycles. The third-order valence-electron chi connectivity index (χ3n) is 5.40. The Bertz CT molecular complexity index is 613. The maximum atomic E-state index is 12.8. The average molecular weight is 407 g/mol. The predicted octanol–water partition coefficient (Wildman–Crippen LogP) is 3.81. The molecule has 1 aromatic rings. The SMILES string of the molecule is CC1CC(C)CN(C(=O)C2CCN(C(=O)c3ccc(Br)cc3)CC2)C1. The van der Waals surface area contributed by atoms with Crippen LogP contribution in [0, 0.1) is 17.8 Å². The van der Waals surface area contributed by atoms with Gasteiger partial charge in [-0.1, -0.05) is 29.8 Å². The standard InChI is InChI=1S/C20H27BrN2O2/c1-14-11-15(2)13-23(12-14)20(25)17-7-9-22(10-8-17)19(24)16-3-5-18(21)6-4-16/h3-6,14-15,17H,7-13H2,1-2H3. The van der Waals surface area contributed by atoms with Gasteiger partial charge in [-0.05, 0) is 55.4 Å². The first kappa shape index (κ1) is 18.4. The Morgan fingerprint density at radius 2 is 1.52 bits per heavy atom. The number of amides is 2. The van der Waals surface area contributed by atoms with Crippen molar-refractivity contribution >= 4 is 27.7 Å². The second-order valence-electron chi connectivity index (χ2n) is 7.76. The molecule has 2 amide bonds. The minimum atomic E-state index is 0.0682. The highest BCUT2D eigenvalue weighted by molar-refractivity contribution is 9.10. The average Bonchev–Trinajstić information content (AvgIpc) is 2.60. The Kier molecular flexibility index (Phi) is 5.82. The maximum absolute atomic E-state index is 12.8. The van der Waals surface area contributed by atoms with Crippen LogP contribution in [0.2, 0.25) is 0 Å². The monoisotopic (exact) mass is 406 g/mol. The molecule has 25 heavy (non-hydrogen) atoms. The molecule has 0 aliphatic carbocycles. The van der Waals surface area contributed by atoms with Crippen molar-refractivity contribution in [2.75, 3.05) is 26.2 Å². The van der Waals surface area contributed by atoms with Gasteiger partial charge in [0.2, 0.25) is 5.91 Å². The molecule has 3 rings (SSSR count). The fourth-order valence-electron chi connectivity index (χ4n) is 4.21. The number of halogens is 1. The van der Waals surface area contributed by atoms with Crippen molar-refractivity contribution in [2.45, 2.75) is 33.1 Å². The van der Waals surface area contributed by atoms with Gasteiger partial charge in [-0.15, -0.1) is 0 Å². The zero-order valence-electron chi connectivity index (χ0n) is 15.1. The molecule has 136 valence electrons. The quantitative estimate of drug-likeness (QED) is 0.748. The van der Waals surface area contributed by atoms with Crippen molar-refractivity contribution in [1.29, 1.82) is 0 Å². The zero-order chi connectivity index (χ0) is 18.0. The number of carbonyl (C=O) groups is 2. The molecule has 1 aromatic carbocycles. The molecule has 0 bridgehead atoms. The molecule has 0 spiro atoms. The molecule has 0 saturated carbocycles. The second kappa shape index (κ2) is 7.90. The van der Waals surface area contributed by atoms with E-state index < -0.39 is 0 Å². The lowest BCUT2D eigenvalue weighted by molar-refractivity contribution is -0.139. The van der Waals surface area contributed by atoms with Gasteiger partial charge in [0, 0.05) is 42.1 Å². The van der Waals surface area contributed by atoms with Gasteiger partial charge in [0.1, 0.15) is 0 Å². The number of carbonyl (C=O) groups excluding carboxylic acids is 2. The van der Waals surface area contributed by atoms with Gasteiger partial charge in [0.15, 0.2) is 0 Å². The Morgan fingerprint density at radius 3 is 2.08 bits per heavy atom. The molecule has 2 saturated heterocycles. The van der Waals surface area contributed by atoms with Crippen molar-refractivity contribution in [3.63, 3.8) is 0 Å². The number of piperidine rings is 2. The lowest BCUT2D eigenvalue weighted by atomic mass is 9.89. The van der Waals surface area contributed by atoms with Crippen LogP contribution in [0.5, 0.6) is 0 Å². The van der Waals surface area contributed by atoms with E-state index in [0.29, 0.717) is 36.4 Å². The highest BCUT2D eigenvalue weighted by Crippen LogP contribution is 2.26. The molecule has 4 nitrogen and oxygen atoms in total. The first-order valence-corrected chi connectivity index (χ1v) is 10.1. The Hall–Kier alpha value is -1.36. The van der Waals surface area contributed by atoms with Gasteiger partial charge in [0.25, 0.3) is 5.91 Å². The number of hydrogen-bond acceptors (Lipinski definition) is 2. The lowest BCUT2D eigenvalue weighted by Crippen LogP contribution is -2.48. The number of nitrogens with zero attached hydrogens (tertiary/aromatic N) is 2. The minimum Gasteiger partial charge on any atom is -0.342 e. The fourth-order valence-corrected chi connectivity index (χ4v) is 4.47. The summed E-state index contributed by atoms with van der Waals surface area (Å²) in [6.45, 7) is 7.59. The third-order valence-corrected chi connectivity index (χ3v) is 5.93. The van der Waals surface area contributed by atoms with Crippen LogP contribution in [0.25, 0.3) is 0 Å². The van der Waals surface area contributed by atoms with Crippen molar-refractivity contribution in [2.24, 2.45) is 17.8 Å². The van der Waals surface area contributed by atoms with Gasteiger partial charge in [-0.25, -0.2) is 0 Å². The van der Waals surface area contributed by atoms with Gasteiger partial charge in [0.05, 0.1) is 0 Å². The maximum Gasteiger partial charge on any atom is 0.253 e. The summed E-state index contributed by atoms with van der Waals surface area (Å²) in [7, 11) is 0. The summed E-state index contributed by atoms with van der Waals surface area (Å²) >= 11 is 3.39. The van der Waals surface area contributed by atoms with Gasteiger partial charge < -0.3 is 9.80 Å². The molecule has 2 fully saturated rings. The van der Waals surface area contributed by atoms with Crippen molar-refractivity contribution in [3.8, 4) is 0 Å². The van der Waals surface area contributed by atoms with E-state index in [1.54, 1.807) is 0 Å². The van der Waals surface area contributed by atoms with Crippen LogP contribution in [0.3, 0.4) is 0 Å². The summed E-state index contributed by atoms with van der Waals surface area (Å²) in [5.74, 6) is 1.62. The molecule has 0 N–H and O–H groups in total. The first-order valence-electron chi connectivity index (χ1n) is 9.27. The van der Waals surface area contributed by atoms with E-state index in [-0.39, 0.29) is 11.8 Å². The van der Waals surface area contributed by atoms with Gasteiger partial charge >= 0.3 is 0 Å². The smallest absolute Gasteiger partial charge is 0.253 e. The third kappa shape index (κ3) is 4.43. The Morgan fingerprint density at radius 1 is 0.960 bits per heavy atom. The van der Waals surface area contributed by atoms with Crippen LogP contribution in [0.1, 0.15) is 43.5 Å². The Labute approximate surface area is 158 Å². The molecule has 2 unspecified atom stereocenters. The lowest BCUT2D eigenvalue weighted by Gasteiger charge is -2.39. The zero-order valence-corrected chi connectivity index (χ0v) is 16.7. The molecule has 0 radical (unpaired) electrons. The molecular weight excluding hydrogens is 380 g/mol. The van der Waals surface area contributed by atoms with Crippen LogP contribution in [0.4, 0.5) is 0 Å². The summed E-state index contributed by atoms with van der Waals surface area (Å²) in [5, 5.41) is 0. The van der Waals surface area contributed by atoms with E-state index in [9.17, 15) is 9.59 Å². The summed E-state index contributed by atoms with van der Waals surface area (Å²) in [6, 6.07) is 7.48. The van der Waals surface area contributed by atoms with E-state index in [0.717, 1.165) is 30.4 Å². The van der Waals surface area contributed by atoms with Crippen LogP contribution >= 0.6 is 15.9 Å². The Balaban J connectivity index is 1.55. The highest BCUT2D eigenvalue weighted by atomic mass is 79.9. The number of benzene rings is 1. The van der Waals surface area contributed by atoms with Crippen LogP contribution < -0.4 is 0 Å². The molecule has 5 heteroatoms. The number of likely N-dealkylation sites (tertiary alicyclic amines) is 2. The normalized spacial score (nSPS) is 25.1. The van der Waals surface area contributed by atoms with Crippen molar-refractivity contribution in [3.05, 3.63) is 34.3 Å². The van der Waals surface area contributed by atoms with E-state index in [2.05, 4.69) is 34.7 Å². The second-order valence-corrected chi connectivity index (χ2v) is 8.68. The molecule has 2 atom stereocenters. The largest absolute Gasteiger partial charge is 0.342 e. The van der Waals surface area contributed by atoms with Crippen molar-refractivity contribution in [1.82, 2.24) is 9.80 Å². The van der Waals surface area contributed by atoms with Gasteiger partial charge in [-0.3, -0.25) is 9.59 Å². The highest BCUT2D eigenvalue weighted by Gasteiger charge is 2.33. The van der Waals surface area contributed by atoms with Crippen LogP contribution in [-0.2, 0) is 4.79 Å². The van der Waals surface area contributed by atoms with Gasteiger partial charge in [-0.2, -0.15) is 0 Å². The van der Waals surface area contributed by atoms with Crippen LogP contribution in [-0.4, -0.2) is 47.8 Å². The van der Waals surface area contributed by atoms with E-state index >= 15 is 0 Å². The molecule has 2 aliphatic heterocycles. The summed E-state index contributed by atoms with van der Waals surface area (Å²) in [6.07, 6.45) is 2.77. The van der Waals surface area contributed by atoms with E-state index in [1.165, 1.54) is 6.42 Å². The molecule has 2 aliphatic rings. The minimum absolute atomic E-state index is 0.0682. The number of rotatable bonds is 2. The van der Waals surface area contributed by atoms with Crippen LogP contribution in [0.15, 0.2) is 28.7 Å². The summed E-state index contributed by atoms with van der Waals surface area (Å²) in [4.78, 5) is 29.4. The number of hydrogen-bond donors (Lipinski definition) is 0. The fraction of sp³-hybridized carbons (Fsp3) is 0.600.